The molecular formula is C10H15N3O2. The number of ether oxygens (including phenoxy) is 1. The predicted octanol–water partition coefficient (Wildman–Crippen LogP) is 0.159. The highest BCUT2D eigenvalue weighted by molar-refractivity contribution is 5.18. The molecule has 5 nitrogen and oxygen atoms in total. The van der Waals surface area contributed by atoms with E-state index in [1.807, 2.05) is 0 Å². The second-order valence-corrected chi connectivity index (χ2v) is 3.97. The summed E-state index contributed by atoms with van der Waals surface area (Å²) in [5.74, 6) is 1.02. The molecule has 0 spiro atoms. The molecule has 1 heterocycles. The van der Waals surface area contributed by atoms with E-state index in [0.29, 0.717) is 18.2 Å². The van der Waals surface area contributed by atoms with Gasteiger partial charge in [0.15, 0.2) is 0 Å². The number of hydrogen-bond acceptors (Lipinski definition) is 4. The maximum absolute atomic E-state index is 11.4. The van der Waals surface area contributed by atoms with Crippen LogP contribution in [0.4, 0.5) is 0 Å². The molecule has 1 aliphatic carbocycles. The standard InChI is InChI=1S/C10H15N3O2/c1-15-8-5-7(14)12-9(13-8)10(6-11)3-2-4-10/h5H,2-4,6,11H2,1H3,(H,12,13,14). The van der Waals surface area contributed by atoms with Gasteiger partial charge in [-0.2, -0.15) is 4.98 Å². The van der Waals surface area contributed by atoms with Crippen LogP contribution in [0, 0.1) is 0 Å². The van der Waals surface area contributed by atoms with Gasteiger partial charge < -0.3 is 15.5 Å². The van der Waals surface area contributed by atoms with Gasteiger partial charge >= 0.3 is 0 Å². The first-order valence-corrected chi connectivity index (χ1v) is 5.06. The van der Waals surface area contributed by atoms with E-state index in [-0.39, 0.29) is 11.0 Å². The Hall–Kier alpha value is -1.36. The summed E-state index contributed by atoms with van der Waals surface area (Å²) < 4.78 is 4.97. The van der Waals surface area contributed by atoms with Gasteiger partial charge in [-0.05, 0) is 12.8 Å². The van der Waals surface area contributed by atoms with Crippen LogP contribution in [0.15, 0.2) is 10.9 Å². The molecule has 0 unspecified atom stereocenters. The average Bonchev–Trinajstić information content (AvgIpc) is 2.16. The number of nitrogens with one attached hydrogen (secondary N) is 1. The van der Waals surface area contributed by atoms with E-state index in [9.17, 15) is 4.79 Å². The van der Waals surface area contributed by atoms with Gasteiger partial charge in [0, 0.05) is 12.0 Å². The fourth-order valence-corrected chi connectivity index (χ4v) is 1.93. The van der Waals surface area contributed by atoms with Gasteiger partial charge in [0.2, 0.25) is 5.88 Å². The lowest BCUT2D eigenvalue weighted by Crippen LogP contribution is -2.44. The molecule has 15 heavy (non-hydrogen) atoms. The van der Waals surface area contributed by atoms with Gasteiger partial charge in [0.1, 0.15) is 5.82 Å². The molecule has 5 heteroatoms. The molecule has 1 saturated carbocycles. The number of aromatic nitrogens is 2. The number of rotatable bonds is 3. The van der Waals surface area contributed by atoms with Crippen molar-refractivity contribution in [1.82, 2.24) is 9.97 Å². The minimum atomic E-state index is -0.184. The first-order valence-electron chi connectivity index (χ1n) is 5.06. The molecular weight excluding hydrogens is 194 g/mol. The molecule has 1 aromatic heterocycles. The Morgan fingerprint density at radius 1 is 1.67 bits per heavy atom. The largest absolute Gasteiger partial charge is 0.481 e. The number of methoxy groups -OCH3 is 1. The van der Waals surface area contributed by atoms with E-state index < -0.39 is 0 Å². The van der Waals surface area contributed by atoms with Crippen LogP contribution in [0.2, 0.25) is 0 Å². The highest BCUT2D eigenvalue weighted by Crippen LogP contribution is 2.40. The van der Waals surface area contributed by atoms with E-state index in [1.54, 1.807) is 0 Å². The molecule has 0 aromatic carbocycles. The molecule has 0 radical (unpaired) electrons. The summed E-state index contributed by atoms with van der Waals surface area (Å²) in [6, 6.07) is 1.34. The third-order valence-electron chi connectivity index (χ3n) is 3.13. The van der Waals surface area contributed by atoms with Crippen LogP contribution in [-0.4, -0.2) is 23.6 Å². The van der Waals surface area contributed by atoms with Crippen LogP contribution in [0.5, 0.6) is 5.88 Å². The minimum absolute atomic E-state index is 0.131. The highest BCUT2D eigenvalue weighted by atomic mass is 16.5. The zero-order chi connectivity index (χ0) is 10.9. The summed E-state index contributed by atoms with van der Waals surface area (Å²) in [5, 5.41) is 0. The van der Waals surface area contributed by atoms with Crippen LogP contribution >= 0.6 is 0 Å². The number of nitrogens with zero attached hydrogens (tertiary/aromatic N) is 1. The summed E-state index contributed by atoms with van der Waals surface area (Å²) in [6.07, 6.45) is 3.11. The number of hydrogen-bond donors (Lipinski definition) is 2. The normalized spacial score (nSPS) is 18.3. The van der Waals surface area contributed by atoms with Crippen molar-refractivity contribution in [2.75, 3.05) is 13.7 Å². The molecule has 82 valence electrons. The zero-order valence-electron chi connectivity index (χ0n) is 8.75. The first kappa shape index (κ1) is 10.2. The van der Waals surface area contributed by atoms with Crippen LogP contribution < -0.4 is 16.0 Å². The number of aromatic amines is 1. The summed E-state index contributed by atoms with van der Waals surface area (Å²) in [5.41, 5.74) is 5.42. The third kappa shape index (κ3) is 1.63. The topological polar surface area (TPSA) is 81.0 Å². The highest BCUT2D eigenvalue weighted by Gasteiger charge is 2.39. The Morgan fingerprint density at radius 2 is 2.40 bits per heavy atom. The lowest BCUT2D eigenvalue weighted by atomic mass is 9.68. The molecule has 0 saturated heterocycles. The fourth-order valence-electron chi connectivity index (χ4n) is 1.93. The van der Waals surface area contributed by atoms with E-state index in [0.717, 1.165) is 19.3 Å². The molecule has 1 aromatic rings. The number of H-pyrrole nitrogens is 1. The van der Waals surface area contributed by atoms with Crippen molar-refractivity contribution >= 4 is 0 Å². The fraction of sp³-hybridized carbons (Fsp3) is 0.600. The van der Waals surface area contributed by atoms with Crippen molar-refractivity contribution in [1.29, 1.82) is 0 Å². The maximum Gasteiger partial charge on any atom is 0.254 e. The Morgan fingerprint density at radius 3 is 2.87 bits per heavy atom. The number of nitrogens with two attached hydrogens (primary N) is 1. The Balaban J connectivity index is 2.43. The molecule has 0 atom stereocenters. The smallest absolute Gasteiger partial charge is 0.254 e. The van der Waals surface area contributed by atoms with E-state index in [1.165, 1.54) is 13.2 Å². The second-order valence-electron chi connectivity index (χ2n) is 3.97. The minimum Gasteiger partial charge on any atom is -0.481 e. The van der Waals surface area contributed by atoms with E-state index in [4.69, 9.17) is 10.5 Å². The van der Waals surface area contributed by atoms with Gasteiger partial charge in [-0.3, -0.25) is 4.79 Å². The van der Waals surface area contributed by atoms with Crippen molar-refractivity contribution < 1.29 is 4.74 Å². The summed E-state index contributed by atoms with van der Waals surface area (Å²) in [4.78, 5) is 18.4. The summed E-state index contributed by atoms with van der Waals surface area (Å²) in [7, 11) is 1.50. The van der Waals surface area contributed by atoms with Crippen molar-refractivity contribution in [3.8, 4) is 5.88 Å². The quantitative estimate of drug-likeness (QED) is 0.743. The first-order chi connectivity index (χ1) is 7.20. The van der Waals surface area contributed by atoms with Crippen LogP contribution in [-0.2, 0) is 5.41 Å². The summed E-state index contributed by atoms with van der Waals surface area (Å²) in [6.45, 7) is 0.517. The lowest BCUT2D eigenvalue weighted by molar-refractivity contribution is 0.234. The third-order valence-corrected chi connectivity index (χ3v) is 3.13. The average molecular weight is 209 g/mol. The zero-order valence-corrected chi connectivity index (χ0v) is 8.75. The Labute approximate surface area is 87.7 Å². The molecule has 1 fully saturated rings. The molecule has 0 bridgehead atoms. The SMILES string of the molecule is COc1cc(=O)[nH]c(C2(CN)CCC2)n1. The molecule has 3 N–H and O–H groups in total. The van der Waals surface area contributed by atoms with Crippen LogP contribution in [0.1, 0.15) is 25.1 Å². The van der Waals surface area contributed by atoms with E-state index >= 15 is 0 Å². The van der Waals surface area contributed by atoms with Crippen molar-refractivity contribution in [2.45, 2.75) is 24.7 Å². The van der Waals surface area contributed by atoms with Gasteiger partial charge in [-0.1, -0.05) is 6.42 Å². The second kappa shape index (κ2) is 3.66. The van der Waals surface area contributed by atoms with Gasteiger partial charge in [-0.25, -0.2) is 0 Å². The van der Waals surface area contributed by atoms with Crippen molar-refractivity contribution in [3.63, 3.8) is 0 Å². The Kier molecular flexibility index (Phi) is 2.48. The van der Waals surface area contributed by atoms with Gasteiger partial charge in [0.25, 0.3) is 5.56 Å². The molecule has 1 aliphatic rings. The monoisotopic (exact) mass is 209 g/mol. The molecule has 0 aliphatic heterocycles. The molecule has 0 amide bonds. The molecule has 2 rings (SSSR count). The summed E-state index contributed by atoms with van der Waals surface area (Å²) >= 11 is 0. The lowest BCUT2D eigenvalue weighted by Gasteiger charge is -2.39. The van der Waals surface area contributed by atoms with Crippen molar-refractivity contribution in [2.24, 2.45) is 5.73 Å². The van der Waals surface area contributed by atoms with E-state index in [2.05, 4.69) is 9.97 Å². The van der Waals surface area contributed by atoms with Crippen LogP contribution in [0.3, 0.4) is 0 Å². The van der Waals surface area contributed by atoms with Gasteiger partial charge in [0.05, 0.1) is 13.2 Å². The van der Waals surface area contributed by atoms with Crippen LogP contribution in [0.25, 0.3) is 0 Å². The van der Waals surface area contributed by atoms with Gasteiger partial charge in [-0.15, -0.1) is 0 Å². The maximum atomic E-state index is 11.4. The predicted molar refractivity (Wildman–Crippen MR) is 56.0 cm³/mol. The Bertz CT molecular complexity index is 404. The van der Waals surface area contributed by atoms with Crippen molar-refractivity contribution in [3.05, 3.63) is 22.2 Å².